The van der Waals surface area contributed by atoms with Crippen LogP contribution in [0.4, 0.5) is 4.39 Å². The van der Waals surface area contributed by atoms with E-state index >= 15 is 0 Å². The van der Waals surface area contributed by atoms with Crippen LogP contribution in [-0.2, 0) is 11.3 Å². The average molecular weight is 260 g/mol. The molecule has 5 heteroatoms. The predicted octanol–water partition coefficient (Wildman–Crippen LogP) is 2.26. The lowest BCUT2D eigenvalue weighted by Crippen LogP contribution is -2.23. The number of amides is 1. The van der Waals surface area contributed by atoms with Gasteiger partial charge in [-0.25, -0.2) is 4.39 Å². The van der Waals surface area contributed by atoms with E-state index in [-0.39, 0.29) is 17.4 Å². The Morgan fingerprint density at radius 3 is 2.88 bits per heavy atom. The molecule has 0 bridgehead atoms. The van der Waals surface area contributed by atoms with Crippen molar-refractivity contribution in [3.05, 3.63) is 34.6 Å². The number of hydrogen-bond donors (Lipinski definition) is 2. The molecule has 0 saturated heterocycles. The average Bonchev–Trinajstić information content (AvgIpc) is 2.28. The van der Waals surface area contributed by atoms with Gasteiger partial charge < -0.3 is 10.4 Å². The van der Waals surface area contributed by atoms with E-state index in [2.05, 4.69) is 5.32 Å². The molecule has 1 rings (SSSR count). The third kappa shape index (κ3) is 5.15. The molecule has 1 amide bonds. The van der Waals surface area contributed by atoms with E-state index in [9.17, 15) is 9.18 Å². The lowest BCUT2D eigenvalue weighted by atomic mass is 10.2. The molecule has 0 aliphatic rings. The van der Waals surface area contributed by atoms with Gasteiger partial charge in [-0.15, -0.1) is 0 Å². The first-order chi connectivity index (χ1) is 7.99. The van der Waals surface area contributed by atoms with Crippen LogP contribution in [0.5, 0.6) is 0 Å². The second kappa shape index (κ2) is 6.57. The van der Waals surface area contributed by atoms with Gasteiger partial charge >= 0.3 is 0 Å². The Labute approximate surface area is 105 Å². The van der Waals surface area contributed by atoms with Gasteiger partial charge in [-0.05, 0) is 31.0 Å². The Bertz CT molecular complexity index is 396. The maximum Gasteiger partial charge on any atom is 0.220 e. The fourth-order valence-electron chi connectivity index (χ4n) is 1.28. The van der Waals surface area contributed by atoms with Gasteiger partial charge in [0.15, 0.2) is 0 Å². The normalized spacial score (nSPS) is 12.2. The molecular weight excluding hydrogens is 245 g/mol. The molecule has 0 spiro atoms. The van der Waals surface area contributed by atoms with E-state index in [0.29, 0.717) is 13.0 Å². The van der Waals surface area contributed by atoms with Crippen molar-refractivity contribution >= 4 is 17.5 Å². The molecule has 2 N–H and O–H groups in total. The molecule has 94 valence electrons. The molecule has 3 nitrogen and oxygen atoms in total. The largest absolute Gasteiger partial charge is 0.393 e. The zero-order valence-corrected chi connectivity index (χ0v) is 10.3. The fraction of sp³-hybridized carbons (Fsp3) is 0.417. The maximum atomic E-state index is 12.9. The summed E-state index contributed by atoms with van der Waals surface area (Å²) in [6, 6.07) is 4.31. The lowest BCUT2D eigenvalue weighted by Gasteiger charge is -2.07. The highest BCUT2D eigenvalue weighted by atomic mass is 35.5. The first-order valence-electron chi connectivity index (χ1n) is 5.37. The minimum atomic E-state index is -0.485. The van der Waals surface area contributed by atoms with Gasteiger partial charge in [0, 0.05) is 13.0 Å². The molecule has 0 saturated carbocycles. The van der Waals surface area contributed by atoms with E-state index in [0.717, 1.165) is 5.56 Å². The molecular formula is C12H15ClFNO2. The van der Waals surface area contributed by atoms with Crippen molar-refractivity contribution in [1.29, 1.82) is 0 Å². The summed E-state index contributed by atoms with van der Waals surface area (Å²) >= 11 is 5.61. The quantitative estimate of drug-likeness (QED) is 0.852. The Kier molecular flexibility index (Phi) is 5.38. The van der Waals surface area contributed by atoms with Crippen molar-refractivity contribution in [3.8, 4) is 0 Å². The molecule has 0 aromatic heterocycles. The molecule has 17 heavy (non-hydrogen) atoms. The number of halogens is 2. The highest BCUT2D eigenvalue weighted by molar-refractivity contribution is 6.30. The molecule has 0 aliphatic heterocycles. The van der Waals surface area contributed by atoms with E-state index < -0.39 is 11.9 Å². The van der Waals surface area contributed by atoms with Crippen LogP contribution in [0.3, 0.4) is 0 Å². The summed E-state index contributed by atoms with van der Waals surface area (Å²) in [5.74, 6) is -0.623. The standard InChI is InChI=1S/C12H15ClFNO2/c1-8(16)2-5-12(17)15-7-9-3-4-11(14)10(13)6-9/h3-4,6,8,16H,2,5,7H2,1H3,(H,15,17). The number of carbonyl (C=O) groups excluding carboxylic acids is 1. The molecule has 0 radical (unpaired) electrons. The van der Waals surface area contributed by atoms with Crippen molar-refractivity contribution < 1.29 is 14.3 Å². The van der Waals surface area contributed by atoms with Crippen LogP contribution in [0.15, 0.2) is 18.2 Å². The van der Waals surface area contributed by atoms with Gasteiger partial charge in [-0.2, -0.15) is 0 Å². The van der Waals surface area contributed by atoms with E-state index in [4.69, 9.17) is 16.7 Å². The zero-order valence-electron chi connectivity index (χ0n) is 9.54. The summed E-state index contributed by atoms with van der Waals surface area (Å²) in [5.41, 5.74) is 0.738. The monoisotopic (exact) mass is 259 g/mol. The Morgan fingerprint density at radius 1 is 1.59 bits per heavy atom. The number of aliphatic hydroxyl groups is 1. The van der Waals surface area contributed by atoms with Crippen molar-refractivity contribution in [3.63, 3.8) is 0 Å². The van der Waals surface area contributed by atoms with E-state index in [1.54, 1.807) is 13.0 Å². The van der Waals surface area contributed by atoms with Crippen LogP contribution < -0.4 is 5.32 Å². The Balaban J connectivity index is 2.39. The van der Waals surface area contributed by atoms with Crippen LogP contribution in [0.2, 0.25) is 5.02 Å². The summed E-state index contributed by atoms with van der Waals surface area (Å²) in [6.07, 6.45) is 0.212. The number of rotatable bonds is 5. The second-order valence-electron chi connectivity index (χ2n) is 3.91. The summed E-state index contributed by atoms with van der Waals surface area (Å²) in [7, 11) is 0. The van der Waals surface area contributed by atoms with Gasteiger partial charge in [0.05, 0.1) is 11.1 Å². The molecule has 0 heterocycles. The minimum absolute atomic E-state index is 0.0423. The van der Waals surface area contributed by atoms with Crippen molar-refractivity contribution in [2.75, 3.05) is 0 Å². The SMILES string of the molecule is CC(O)CCC(=O)NCc1ccc(F)c(Cl)c1. The first kappa shape index (κ1) is 13.9. The van der Waals surface area contributed by atoms with Crippen LogP contribution in [0.1, 0.15) is 25.3 Å². The molecule has 1 aromatic rings. The van der Waals surface area contributed by atoms with Gasteiger partial charge in [0.2, 0.25) is 5.91 Å². The van der Waals surface area contributed by atoms with Crippen LogP contribution >= 0.6 is 11.6 Å². The number of aliphatic hydroxyl groups excluding tert-OH is 1. The molecule has 0 aliphatic carbocycles. The second-order valence-corrected chi connectivity index (χ2v) is 4.32. The number of benzene rings is 1. The van der Waals surface area contributed by atoms with E-state index in [1.165, 1.54) is 12.1 Å². The van der Waals surface area contributed by atoms with Crippen LogP contribution in [-0.4, -0.2) is 17.1 Å². The third-order valence-electron chi connectivity index (χ3n) is 2.26. The first-order valence-corrected chi connectivity index (χ1v) is 5.75. The maximum absolute atomic E-state index is 12.9. The summed E-state index contributed by atoms with van der Waals surface area (Å²) in [5, 5.41) is 11.7. The molecule has 1 unspecified atom stereocenters. The van der Waals surface area contributed by atoms with Gasteiger partial charge in [-0.3, -0.25) is 4.79 Å². The van der Waals surface area contributed by atoms with Gasteiger partial charge in [0.1, 0.15) is 5.82 Å². The Morgan fingerprint density at radius 2 is 2.29 bits per heavy atom. The Hall–Kier alpha value is -1.13. The minimum Gasteiger partial charge on any atom is -0.393 e. The van der Waals surface area contributed by atoms with Crippen LogP contribution in [0.25, 0.3) is 0 Å². The summed E-state index contributed by atoms with van der Waals surface area (Å²) in [4.78, 5) is 11.3. The number of nitrogens with one attached hydrogen (secondary N) is 1. The number of carbonyl (C=O) groups is 1. The molecule has 0 fully saturated rings. The number of hydrogen-bond acceptors (Lipinski definition) is 2. The highest BCUT2D eigenvalue weighted by Gasteiger charge is 2.05. The van der Waals surface area contributed by atoms with Gasteiger partial charge in [0.25, 0.3) is 0 Å². The molecule has 1 atom stereocenters. The topological polar surface area (TPSA) is 49.3 Å². The van der Waals surface area contributed by atoms with E-state index in [1.807, 2.05) is 0 Å². The van der Waals surface area contributed by atoms with Crippen molar-refractivity contribution in [2.45, 2.75) is 32.4 Å². The zero-order chi connectivity index (χ0) is 12.8. The van der Waals surface area contributed by atoms with Crippen molar-refractivity contribution in [2.24, 2.45) is 0 Å². The lowest BCUT2D eigenvalue weighted by molar-refractivity contribution is -0.121. The van der Waals surface area contributed by atoms with Crippen molar-refractivity contribution in [1.82, 2.24) is 5.32 Å². The highest BCUT2D eigenvalue weighted by Crippen LogP contribution is 2.15. The predicted molar refractivity (Wildman–Crippen MR) is 64.2 cm³/mol. The fourth-order valence-corrected chi connectivity index (χ4v) is 1.48. The molecule has 1 aromatic carbocycles. The summed E-state index contributed by atoms with van der Waals surface area (Å²) < 4.78 is 12.9. The summed E-state index contributed by atoms with van der Waals surface area (Å²) in [6.45, 7) is 1.94. The van der Waals surface area contributed by atoms with Crippen LogP contribution in [0, 0.1) is 5.82 Å². The third-order valence-corrected chi connectivity index (χ3v) is 2.55. The van der Waals surface area contributed by atoms with Gasteiger partial charge in [-0.1, -0.05) is 17.7 Å². The smallest absolute Gasteiger partial charge is 0.220 e.